The second-order valence-electron chi connectivity index (χ2n) is 7.99. The van der Waals surface area contributed by atoms with Gasteiger partial charge in [0.1, 0.15) is 6.54 Å². The summed E-state index contributed by atoms with van der Waals surface area (Å²) in [5, 5.41) is 6.75. The summed E-state index contributed by atoms with van der Waals surface area (Å²) in [5.41, 5.74) is 0. The number of likely N-dealkylation sites (N-methyl/N-ethyl adjacent to an activating group) is 1. The highest BCUT2D eigenvalue weighted by molar-refractivity contribution is 14.0. The van der Waals surface area contributed by atoms with E-state index in [9.17, 15) is 4.79 Å². The zero-order valence-electron chi connectivity index (χ0n) is 17.2. The van der Waals surface area contributed by atoms with E-state index in [1.54, 1.807) is 25.1 Å². The van der Waals surface area contributed by atoms with Crippen molar-refractivity contribution in [2.45, 2.75) is 57.5 Å². The van der Waals surface area contributed by atoms with Gasteiger partial charge in [0, 0.05) is 32.7 Å². The third kappa shape index (κ3) is 8.37. The van der Waals surface area contributed by atoms with Gasteiger partial charge in [-0.2, -0.15) is 0 Å². The van der Waals surface area contributed by atoms with E-state index >= 15 is 0 Å². The molecule has 6 nitrogen and oxygen atoms in total. The van der Waals surface area contributed by atoms with Crippen molar-refractivity contribution in [1.82, 2.24) is 20.4 Å². The first-order valence-electron chi connectivity index (χ1n) is 10.1. The number of carbonyl (C=O) groups excluding carboxylic acids is 1. The van der Waals surface area contributed by atoms with Crippen molar-refractivity contribution in [2.75, 3.05) is 40.3 Å². The molecule has 2 fully saturated rings. The lowest BCUT2D eigenvalue weighted by atomic mass is 9.88. The quantitative estimate of drug-likeness (QED) is 0.260. The molecule has 0 radical (unpaired) electrons. The Hall–Kier alpha value is -0.830. The molecule has 2 N–H and O–H groups in total. The summed E-state index contributed by atoms with van der Waals surface area (Å²) in [4.78, 5) is 20.5. The lowest BCUT2D eigenvalue weighted by Gasteiger charge is -2.40. The highest BCUT2D eigenvalue weighted by Gasteiger charge is 2.28. The molecule has 1 amide bonds. The van der Waals surface area contributed by atoms with Crippen LogP contribution in [0, 0.1) is 5.92 Å². The van der Waals surface area contributed by atoms with Gasteiger partial charge < -0.3 is 20.4 Å². The normalized spacial score (nSPS) is 24.6. The standard InChI is InChI=1S/C20H37N5O.HI/c1-5-12-21-20(22-15-19(26)24(3)4)23-17-6-8-18(9-7-17)25-13-10-16(2)11-14-25;/h5,16-18H,1,6-15H2,2-4H3,(H2,21,22,23);1H. The lowest BCUT2D eigenvalue weighted by molar-refractivity contribution is -0.127. The molecule has 1 aliphatic heterocycles. The minimum Gasteiger partial charge on any atom is -0.354 e. The van der Waals surface area contributed by atoms with Gasteiger partial charge in [0.2, 0.25) is 5.91 Å². The molecule has 0 aromatic heterocycles. The zero-order chi connectivity index (χ0) is 18.9. The van der Waals surface area contributed by atoms with Gasteiger partial charge in [-0.1, -0.05) is 13.0 Å². The maximum Gasteiger partial charge on any atom is 0.243 e. The van der Waals surface area contributed by atoms with E-state index in [1.807, 2.05) is 0 Å². The number of carbonyl (C=O) groups is 1. The average molecular weight is 491 g/mol. The summed E-state index contributed by atoms with van der Waals surface area (Å²) < 4.78 is 0. The molecule has 0 bridgehead atoms. The Morgan fingerprint density at radius 1 is 1.19 bits per heavy atom. The highest BCUT2D eigenvalue weighted by Crippen LogP contribution is 2.27. The van der Waals surface area contributed by atoms with Gasteiger partial charge in [-0.05, 0) is 57.5 Å². The second-order valence-corrected chi connectivity index (χ2v) is 7.99. The van der Waals surface area contributed by atoms with Crippen LogP contribution in [0.4, 0.5) is 0 Å². The molecule has 1 heterocycles. The highest BCUT2D eigenvalue weighted by atomic mass is 127. The Bertz CT molecular complexity index is 481. The number of guanidine groups is 1. The maximum atomic E-state index is 11.8. The maximum absolute atomic E-state index is 11.8. The first kappa shape index (κ1) is 24.2. The largest absolute Gasteiger partial charge is 0.354 e. The summed E-state index contributed by atoms with van der Waals surface area (Å²) in [7, 11) is 3.51. The number of piperidine rings is 1. The van der Waals surface area contributed by atoms with Gasteiger partial charge in [0.05, 0.1) is 0 Å². The SMILES string of the molecule is C=CCNC(=NCC(=O)N(C)C)NC1CCC(N2CCC(C)CC2)CC1.I. The summed E-state index contributed by atoms with van der Waals surface area (Å²) in [6.07, 6.45) is 9.31. The molecular formula is C20H38IN5O. The first-order chi connectivity index (χ1) is 12.5. The van der Waals surface area contributed by atoms with Gasteiger partial charge >= 0.3 is 0 Å². The third-order valence-corrected chi connectivity index (χ3v) is 5.66. The fraction of sp³-hybridized carbons (Fsp3) is 0.800. The Balaban J connectivity index is 0.00000364. The number of nitrogens with one attached hydrogen (secondary N) is 2. The molecule has 2 rings (SSSR count). The second kappa shape index (κ2) is 12.6. The Morgan fingerprint density at radius 2 is 1.81 bits per heavy atom. The molecule has 0 aromatic carbocycles. The van der Waals surface area contributed by atoms with Crippen molar-refractivity contribution < 1.29 is 4.79 Å². The van der Waals surface area contributed by atoms with Crippen molar-refractivity contribution in [3.8, 4) is 0 Å². The van der Waals surface area contributed by atoms with Gasteiger partial charge in [-0.15, -0.1) is 30.6 Å². The van der Waals surface area contributed by atoms with Crippen LogP contribution in [0.3, 0.4) is 0 Å². The number of nitrogens with zero attached hydrogens (tertiary/aromatic N) is 3. The summed E-state index contributed by atoms with van der Waals surface area (Å²) >= 11 is 0. The monoisotopic (exact) mass is 491 g/mol. The minimum atomic E-state index is 0. The van der Waals surface area contributed by atoms with Crippen molar-refractivity contribution in [2.24, 2.45) is 10.9 Å². The van der Waals surface area contributed by atoms with Crippen molar-refractivity contribution in [1.29, 1.82) is 0 Å². The van der Waals surface area contributed by atoms with E-state index in [1.165, 1.54) is 38.8 Å². The van der Waals surface area contributed by atoms with E-state index in [0.29, 0.717) is 12.6 Å². The van der Waals surface area contributed by atoms with Crippen LogP contribution in [-0.4, -0.2) is 74.0 Å². The smallest absolute Gasteiger partial charge is 0.243 e. The summed E-state index contributed by atoms with van der Waals surface area (Å²) in [5.74, 6) is 1.62. The summed E-state index contributed by atoms with van der Waals surface area (Å²) in [6, 6.07) is 1.18. The molecule has 1 saturated carbocycles. The van der Waals surface area contributed by atoms with Crippen LogP contribution in [0.25, 0.3) is 0 Å². The fourth-order valence-corrected chi connectivity index (χ4v) is 3.78. The number of hydrogen-bond acceptors (Lipinski definition) is 3. The molecule has 0 aromatic rings. The number of hydrogen-bond donors (Lipinski definition) is 2. The van der Waals surface area contributed by atoms with E-state index in [0.717, 1.165) is 30.8 Å². The van der Waals surface area contributed by atoms with Crippen molar-refractivity contribution in [3.63, 3.8) is 0 Å². The van der Waals surface area contributed by atoms with E-state index in [2.05, 4.69) is 34.0 Å². The summed E-state index contributed by atoms with van der Waals surface area (Å²) in [6.45, 7) is 9.46. The van der Waals surface area contributed by atoms with E-state index in [-0.39, 0.29) is 36.4 Å². The lowest BCUT2D eigenvalue weighted by Crippen LogP contribution is -2.49. The van der Waals surface area contributed by atoms with Gasteiger partial charge in [-0.3, -0.25) is 4.79 Å². The van der Waals surface area contributed by atoms with Crippen LogP contribution in [0.1, 0.15) is 45.4 Å². The van der Waals surface area contributed by atoms with Crippen LogP contribution in [-0.2, 0) is 4.79 Å². The molecule has 27 heavy (non-hydrogen) atoms. The molecule has 7 heteroatoms. The molecule has 2 aliphatic rings. The van der Waals surface area contributed by atoms with E-state index in [4.69, 9.17) is 0 Å². The Morgan fingerprint density at radius 3 is 2.37 bits per heavy atom. The van der Waals surface area contributed by atoms with Crippen molar-refractivity contribution >= 4 is 35.8 Å². The zero-order valence-corrected chi connectivity index (χ0v) is 19.6. The van der Waals surface area contributed by atoms with Crippen LogP contribution in [0.5, 0.6) is 0 Å². The Kier molecular flexibility index (Phi) is 11.3. The predicted octanol–water partition coefficient (Wildman–Crippen LogP) is 2.46. The average Bonchev–Trinajstić information content (AvgIpc) is 2.64. The van der Waals surface area contributed by atoms with Crippen LogP contribution in [0.2, 0.25) is 0 Å². The van der Waals surface area contributed by atoms with Crippen molar-refractivity contribution in [3.05, 3.63) is 12.7 Å². The predicted molar refractivity (Wildman–Crippen MR) is 124 cm³/mol. The molecule has 156 valence electrons. The molecule has 1 aliphatic carbocycles. The number of aliphatic imine (C=N–C) groups is 1. The van der Waals surface area contributed by atoms with Crippen LogP contribution in [0.15, 0.2) is 17.6 Å². The number of amides is 1. The van der Waals surface area contributed by atoms with Gasteiger partial charge in [0.15, 0.2) is 5.96 Å². The number of halogens is 1. The number of likely N-dealkylation sites (tertiary alicyclic amines) is 1. The number of rotatable bonds is 6. The van der Waals surface area contributed by atoms with Crippen LogP contribution >= 0.6 is 24.0 Å². The van der Waals surface area contributed by atoms with Gasteiger partial charge in [0.25, 0.3) is 0 Å². The topological polar surface area (TPSA) is 60.0 Å². The molecular weight excluding hydrogens is 453 g/mol. The van der Waals surface area contributed by atoms with Crippen LogP contribution < -0.4 is 10.6 Å². The Labute approximate surface area is 182 Å². The minimum absolute atomic E-state index is 0. The molecule has 1 saturated heterocycles. The van der Waals surface area contributed by atoms with Gasteiger partial charge in [-0.25, -0.2) is 4.99 Å². The van der Waals surface area contributed by atoms with E-state index < -0.39 is 0 Å². The molecule has 0 unspecified atom stereocenters. The third-order valence-electron chi connectivity index (χ3n) is 5.66. The fourth-order valence-electron chi connectivity index (χ4n) is 3.78. The first-order valence-corrected chi connectivity index (χ1v) is 10.1. The molecule has 0 spiro atoms. The molecule has 0 atom stereocenters.